The van der Waals surface area contributed by atoms with Gasteiger partial charge in [-0.1, -0.05) is 29.5 Å². The average Bonchev–Trinajstić information content (AvgIpc) is 2.84. The number of rotatable bonds is 2. The van der Waals surface area contributed by atoms with Crippen molar-refractivity contribution < 1.29 is 5.11 Å². The Bertz CT molecular complexity index is 690. The second-order valence-electron chi connectivity index (χ2n) is 3.92. The number of hydrogen-bond acceptors (Lipinski definition) is 5. The second-order valence-corrected chi connectivity index (χ2v) is 5.01. The van der Waals surface area contributed by atoms with Crippen molar-refractivity contribution in [3.8, 4) is 0 Å². The molecule has 0 saturated carbocycles. The number of pyridine rings is 1. The van der Waals surface area contributed by atoms with Crippen molar-refractivity contribution in [2.45, 2.75) is 6.10 Å². The summed E-state index contributed by atoms with van der Waals surface area (Å²) < 4.78 is 0. The largest absolute Gasteiger partial charge is 0.383 e. The van der Waals surface area contributed by atoms with Gasteiger partial charge in [0.15, 0.2) is 5.13 Å². The van der Waals surface area contributed by atoms with Gasteiger partial charge in [0, 0.05) is 17.8 Å². The lowest BCUT2D eigenvalue weighted by molar-refractivity contribution is 0.225. The molecule has 0 aliphatic carbocycles. The lowest BCUT2D eigenvalue weighted by atomic mass is 10.0. The minimum atomic E-state index is -0.715. The number of aliphatic hydroxyl groups excluding tert-OH is 1. The van der Waals surface area contributed by atoms with Crippen LogP contribution in [0, 0.1) is 0 Å². The normalized spacial score (nSPS) is 12.7. The summed E-state index contributed by atoms with van der Waals surface area (Å²) in [5, 5.41) is 11.8. The van der Waals surface area contributed by atoms with E-state index in [0.717, 1.165) is 21.3 Å². The first-order chi connectivity index (χ1) is 8.75. The zero-order valence-electron chi connectivity index (χ0n) is 9.45. The molecule has 0 aliphatic rings. The molecule has 1 aromatic carbocycles. The monoisotopic (exact) mass is 257 g/mol. The zero-order chi connectivity index (χ0) is 12.5. The molecule has 0 aliphatic heterocycles. The third kappa shape index (κ3) is 1.83. The number of thiazole rings is 1. The maximum Gasteiger partial charge on any atom is 0.180 e. The van der Waals surface area contributed by atoms with E-state index in [4.69, 9.17) is 5.73 Å². The first-order valence-corrected chi connectivity index (χ1v) is 6.30. The fraction of sp³-hybridized carbons (Fsp3) is 0.0769. The summed E-state index contributed by atoms with van der Waals surface area (Å²) in [5.74, 6) is 0. The van der Waals surface area contributed by atoms with E-state index < -0.39 is 6.10 Å². The van der Waals surface area contributed by atoms with Crippen molar-refractivity contribution in [3.63, 3.8) is 0 Å². The van der Waals surface area contributed by atoms with Gasteiger partial charge in [-0.05, 0) is 17.7 Å². The highest BCUT2D eigenvalue weighted by atomic mass is 32.1. The Kier molecular flexibility index (Phi) is 2.70. The molecule has 18 heavy (non-hydrogen) atoms. The molecule has 4 nitrogen and oxygen atoms in total. The highest BCUT2D eigenvalue weighted by Crippen LogP contribution is 2.31. The Balaban J connectivity index is 2.14. The van der Waals surface area contributed by atoms with Gasteiger partial charge in [0.1, 0.15) is 6.10 Å². The molecule has 3 rings (SSSR count). The molecule has 0 saturated heterocycles. The van der Waals surface area contributed by atoms with Crippen molar-refractivity contribution in [3.05, 3.63) is 53.2 Å². The Morgan fingerprint density at radius 3 is 2.78 bits per heavy atom. The van der Waals surface area contributed by atoms with E-state index in [9.17, 15) is 5.11 Å². The number of aromatic nitrogens is 2. The number of anilines is 1. The van der Waals surface area contributed by atoms with Crippen molar-refractivity contribution in [1.82, 2.24) is 9.97 Å². The second kappa shape index (κ2) is 4.36. The summed E-state index contributed by atoms with van der Waals surface area (Å²) in [6.45, 7) is 0. The third-order valence-electron chi connectivity index (χ3n) is 2.79. The number of hydrogen-bond donors (Lipinski definition) is 2. The number of nitrogens with two attached hydrogens (primary N) is 1. The van der Waals surface area contributed by atoms with Gasteiger partial charge in [-0.3, -0.25) is 4.98 Å². The fourth-order valence-corrected chi connectivity index (χ4v) is 2.63. The summed E-state index contributed by atoms with van der Waals surface area (Å²) in [7, 11) is 0. The van der Waals surface area contributed by atoms with Crippen LogP contribution in [0.3, 0.4) is 0 Å². The number of fused-ring (bicyclic) bond motifs is 1. The summed E-state index contributed by atoms with van der Waals surface area (Å²) >= 11 is 1.30. The number of benzene rings is 1. The number of para-hydroxylation sites is 1. The lowest BCUT2D eigenvalue weighted by Gasteiger charge is -2.11. The molecule has 0 amide bonds. The molecule has 0 radical (unpaired) electrons. The summed E-state index contributed by atoms with van der Waals surface area (Å²) in [6.07, 6.45) is 2.60. The number of nitrogens with zero attached hydrogens (tertiary/aromatic N) is 2. The number of aliphatic hydroxyl groups is 1. The predicted octanol–water partition coefficient (Wildman–Crippen LogP) is 2.36. The standard InChI is InChI=1S/C13H11N3OS/c14-13-16-7-11(18-13)12(17)9-5-6-15-10-4-2-1-3-8(9)10/h1-7,12,17H,(H2,14,16). The van der Waals surface area contributed by atoms with E-state index in [1.807, 2.05) is 30.3 Å². The van der Waals surface area contributed by atoms with Gasteiger partial charge in [-0.15, -0.1) is 0 Å². The quantitative estimate of drug-likeness (QED) is 0.739. The highest BCUT2D eigenvalue weighted by Gasteiger charge is 2.16. The molecule has 1 atom stereocenters. The summed E-state index contributed by atoms with van der Waals surface area (Å²) in [5.41, 5.74) is 7.28. The Morgan fingerprint density at radius 2 is 2.00 bits per heavy atom. The molecular weight excluding hydrogens is 246 g/mol. The minimum Gasteiger partial charge on any atom is -0.383 e. The summed E-state index contributed by atoms with van der Waals surface area (Å²) in [4.78, 5) is 8.98. The maximum atomic E-state index is 10.4. The van der Waals surface area contributed by atoms with Crippen LogP contribution in [0.4, 0.5) is 5.13 Å². The van der Waals surface area contributed by atoms with Crippen molar-refractivity contribution in [2.75, 3.05) is 5.73 Å². The molecule has 3 aromatic rings. The zero-order valence-corrected chi connectivity index (χ0v) is 10.3. The van der Waals surface area contributed by atoms with Gasteiger partial charge in [0.2, 0.25) is 0 Å². The van der Waals surface area contributed by atoms with E-state index in [-0.39, 0.29) is 0 Å². The fourth-order valence-electron chi connectivity index (χ4n) is 1.94. The van der Waals surface area contributed by atoms with Crippen LogP contribution in [0.15, 0.2) is 42.7 Å². The van der Waals surface area contributed by atoms with Crippen LogP contribution in [0.1, 0.15) is 16.5 Å². The van der Waals surface area contributed by atoms with Crippen LogP contribution in [0.5, 0.6) is 0 Å². The van der Waals surface area contributed by atoms with Crippen LogP contribution < -0.4 is 5.73 Å². The predicted molar refractivity (Wildman–Crippen MR) is 72.3 cm³/mol. The van der Waals surface area contributed by atoms with E-state index in [0.29, 0.717) is 5.13 Å². The summed E-state index contributed by atoms with van der Waals surface area (Å²) in [6, 6.07) is 9.55. The molecule has 0 fully saturated rings. The van der Waals surface area contributed by atoms with Gasteiger partial charge in [0.25, 0.3) is 0 Å². The van der Waals surface area contributed by atoms with Crippen molar-refractivity contribution >= 4 is 27.4 Å². The van der Waals surface area contributed by atoms with Crippen LogP contribution in [-0.2, 0) is 0 Å². The third-order valence-corrected chi connectivity index (χ3v) is 3.67. The molecule has 3 N–H and O–H groups in total. The molecule has 0 bridgehead atoms. The number of nitrogen functional groups attached to an aromatic ring is 1. The molecule has 5 heteroatoms. The highest BCUT2D eigenvalue weighted by molar-refractivity contribution is 7.15. The van der Waals surface area contributed by atoms with Crippen LogP contribution in [0.25, 0.3) is 10.9 Å². The van der Waals surface area contributed by atoms with E-state index in [1.165, 1.54) is 11.3 Å². The van der Waals surface area contributed by atoms with Gasteiger partial charge >= 0.3 is 0 Å². The van der Waals surface area contributed by atoms with Crippen molar-refractivity contribution in [1.29, 1.82) is 0 Å². The maximum absolute atomic E-state index is 10.4. The van der Waals surface area contributed by atoms with E-state index >= 15 is 0 Å². The SMILES string of the molecule is Nc1ncc(C(O)c2ccnc3ccccc23)s1. The molecule has 2 heterocycles. The van der Waals surface area contributed by atoms with Gasteiger partial charge in [-0.2, -0.15) is 0 Å². The average molecular weight is 257 g/mol. The molecule has 90 valence electrons. The van der Waals surface area contributed by atoms with Crippen LogP contribution in [-0.4, -0.2) is 15.1 Å². The molecule has 1 unspecified atom stereocenters. The molecular formula is C13H11N3OS. The lowest BCUT2D eigenvalue weighted by Crippen LogP contribution is -1.98. The molecule has 0 spiro atoms. The first kappa shape index (κ1) is 11.1. The Morgan fingerprint density at radius 1 is 1.17 bits per heavy atom. The Hall–Kier alpha value is -1.98. The van der Waals surface area contributed by atoms with Gasteiger partial charge < -0.3 is 10.8 Å². The first-order valence-electron chi connectivity index (χ1n) is 5.48. The molecule has 2 aromatic heterocycles. The minimum absolute atomic E-state index is 0.461. The van der Waals surface area contributed by atoms with E-state index in [1.54, 1.807) is 12.4 Å². The topological polar surface area (TPSA) is 72.0 Å². The van der Waals surface area contributed by atoms with E-state index in [2.05, 4.69) is 9.97 Å². The Labute approximate surface area is 108 Å². The van der Waals surface area contributed by atoms with Gasteiger partial charge in [-0.25, -0.2) is 4.98 Å². The smallest absolute Gasteiger partial charge is 0.180 e. The van der Waals surface area contributed by atoms with Crippen LogP contribution in [0.2, 0.25) is 0 Å². The van der Waals surface area contributed by atoms with Crippen LogP contribution >= 0.6 is 11.3 Å². The van der Waals surface area contributed by atoms with Crippen molar-refractivity contribution in [2.24, 2.45) is 0 Å². The van der Waals surface area contributed by atoms with Gasteiger partial charge in [0.05, 0.1) is 10.4 Å².